The number of carbonyl (C=O) groups excluding carboxylic acids is 2. The van der Waals surface area contributed by atoms with Crippen LogP contribution < -0.4 is 10.2 Å². The predicted molar refractivity (Wildman–Crippen MR) is 114 cm³/mol. The second kappa shape index (κ2) is 10.4. The molecule has 29 heavy (non-hydrogen) atoms. The van der Waals surface area contributed by atoms with Gasteiger partial charge < -0.3 is 14.4 Å². The largest absolute Gasteiger partial charge is 0.483 e. The van der Waals surface area contributed by atoms with Gasteiger partial charge in [0, 0.05) is 23.7 Å². The molecule has 1 fully saturated rings. The molecule has 1 aliphatic heterocycles. The maximum Gasteiger partial charge on any atom is 0.271 e. The summed E-state index contributed by atoms with van der Waals surface area (Å²) in [6.45, 7) is 2.23. The number of carbonyl (C=O) groups is 2. The molecule has 3 rings (SSSR count). The van der Waals surface area contributed by atoms with Crippen LogP contribution in [0.1, 0.15) is 15.9 Å². The van der Waals surface area contributed by atoms with Gasteiger partial charge in [0.2, 0.25) is 0 Å². The molecule has 0 radical (unpaired) electrons. The summed E-state index contributed by atoms with van der Waals surface area (Å²) in [5.74, 6) is 0.116. The number of benzene rings is 2. The third kappa shape index (κ3) is 6.28. The molecule has 0 aromatic heterocycles. The normalized spacial score (nSPS) is 14.1. The molecule has 2 amide bonds. The van der Waals surface area contributed by atoms with Crippen LogP contribution in [0.15, 0.2) is 52.0 Å². The Morgan fingerprint density at radius 3 is 2.76 bits per heavy atom. The second-order valence-electron chi connectivity index (χ2n) is 6.18. The van der Waals surface area contributed by atoms with Gasteiger partial charge in [-0.15, -0.1) is 0 Å². The second-order valence-corrected chi connectivity index (χ2v) is 7.47. The van der Waals surface area contributed by atoms with Gasteiger partial charge in [0.15, 0.2) is 6.61 Å². The number of nitrogens with zero attached hydrogens (tertiary/aromatic N) is 2. The highest BCUT2D eigenvalue weighted by molar-refractivity contribution is 9.10. The number of morpholine rings is 1. The van der Waals surface area contributed by atoms with Crippen molar-refractivity contribution in [2.75, 3.05) is 32.9 Å². The van der Waals surface area contributed by atoms with Crippen molar-refractivity contribution in [1.29, 1.82) is 0 Å². The van der Waals surface area contributed by atoms with E-state index in [2.05, 4.69) is 26.5 Å². The maximum atomic E-state index is 12.2. The highest BCUT2D eigenvalue weighted by Crippen LogP contribution is 2.25. The molecule has 0 spiro atoms. The Labute approximate surface area is 181 Å². The summed E-state index contributed by atoms with van der Waals surface area (Å²) in [6.07, 6.45) is 1.51. The summed E-state index contributed by atoms with van der Waals surface area (Å²) in [4.78, 5) is 25.9. The fraction of sp³-hybridized carbons (Fsp3) is 0.250. The standard InChI is InChI=1S/C20H19BrClN3O4/c21-17-10-14(12-23-24-20(27)15-2-1-3-16(22)11-15)4-5-18(17)29-13-19(26)25-6-8-28-9-7-25/h1-5,10-12H,6-9,13H2,(H,24,27). The van der Waals surface area contributed by atoms with Gasteiger partial charge in [-0.25, -0.2) is 5.43 Å². The predicted octanol–water partition coefficient (Wildman–Crippen LogP) is 3.10. The lowest BCUT2D eigenvalue weighted by molar-refractivity contribution is -0.137. The van der Waals surface area contributed by atoms with Gasteiger partial charge in [-0.3, -0.25) is 9.59 Å². The van der Waals surface area contributed by atoms with E-state index in [9.17, 15) is 9.59 Å². The SMILES string of the molecule is O=C(NN=Cc1ccc(OCC(=O)N2CCOCC2)c(Br)c1)c1cccc(Cl)c1. The lowest BCUT2D eigenvalue weighted by Crippen LogP contribution is -2.43. The van der Waals surface area contributed by atoms with E-state index in [-0.39, 0.29) is 18.4 Å². The molecular weight excluding hydrogens is 462 g/mol. The van der Waals surface area contributed by atoms with Crippen molar-refractivity contribution in [3.05, 3.63) is 63.1 Å². The minimum Gasteiger partial charge on any atom is -0.483 e. The Morgan fingerprint density at radius 2 is 2.03 bits per heavy atom. The quantitative estimate of drug-likeness (QED) is 0.509. The zero-order chi connectivity index (χ0) is 20.6. The molecule has 152 valence electrons. The monoisotopic (exact) mass is 479 g/mol. The summed E-state index contributed by atoms with van der Waals surface area (Å²) in [7, 11) is 0. The molecule has 9 heteroatoms. The number of halogens is 2. The first-order valence-corrected chi connectivity index (χ1v) is 10.1. The molecule has 1 saturated heterocycles. The number of hydrogen-bond acceptors (Lipinski definition) is 5. The number of hydrazone groups is 1. The van der Waals surface area contributed by atoms with E-state index < -0.39 is 0 Å². The fourth-order valence-electron chi connectivity index (χ4n) is 2.62. The van der Waals surface area contributed by atoms with E-state index in [0.29, 0.717) is 47.1 Å². The van der Waals surface area contributed by atoms with Gasteiger partial charge in [-0.2, -0.15) is 5.10 Å². The highest BCUT2D eigenvalue weighted by Gasteiger charge is 2.17. The van der Waals surface area contributed by atoms with E-state index in [1.54, 1.807) is 47.4 Å². The van der Waals surface area contributed by atoms with Crippen LogP contribution in [-0.4, -0.2) is 55.8 Å². The zero-order valence-electron chi connectivity index (χ0n) is 15.4. The van der Waals surface area contributed by atoms with E-state index in [1.807, 2.05) is 0 Å². The van der Waals surface area contributed by atoms with Crippen LogP contribution in [0.2, 0.25) is 5.02 Å². The third-order valence-corrected chi connectivity index (χ3v) is 4.99. The van der Waals surface area contributed by atoms with Crippen LogP contribution in [0.4, 0.5) is 0 Å². The molecule has 1 N–H and O–H groups in total. The topological polar surface area (TPSA) is 80.2 Å². The van der Waals surface area contributed by atoms with E-state index in [1.165, 1.54) is 6.21 Å². The molecule has 2 aromatic rings. The first-order chi connectivity index (χ1) is 14.0. The van der Waals surface area contributed by atoms with Crippen molar-refractivity contribution in [3.63, 3.8) is 0 Å². The molecule has 1 aliphatic rings. The minimum absolute atomic E-state index is 0.0400. The average Bonchev–Trinajstić information content (AvgIpc) is 2.73. The average molecular weight is 481 g/mol. The van der Waals surface area contributed by atoms with Crippen LogP contribution in [0.25, 0.3) is 0 Å². The molecule has 0 aliphatic carbocycles. The first kappa shape index (κ1) is 21.3. The Hall–Kier alpha value is -2.42. The number of nitrogens with one attached hydrogen (secondary N) is 1. The smallest absolute Gasteiger partial charge is 0.271 e. The van der Waals surface area contributed by atoms with E-state index >= 15 is 0 Å². The van der Waals surface area contributed by atoms with Gasteiger partial charge in [0.1, 0.15) is 5.75 Å². The van der Waals surface area contributed by atoms with Crippen molar-refractivity contribution < 1.29 is 19.1 Å². The lowest BCUT2D eigenvalue weighted by atomic mass is 10.2. The van der Waals surface area contributed by atoms with Gasteiger partial charge in [-0.05, 0) is 57.9 Å². The van der Waals surface area contributed by atoms with Gasteiger partial charge in [0.05, 0.1) is 23.9 Å². The Balaban J connectivity index is 1.52. The number of hydrogen-bond donors (Lipinski definition) is 1. The van der Waals surface area contributed by atoms with Crippen LogP contribution >= 0.6 is 27.5 Å². The van der Waals surface area contributed by atoms with Gasteiger partial charge in [0.25, 0.3) is 11.8 Å². The Bertz CT molecular complexity index is 916. The van der Waals surface area contributed by atoms with Crippen LogP contribution in [0.5, 0.6) is 5.75 Å². The van der Waals surface area contributed by atoms with Crippen LogP contribution in [-0.2, 0) is 9.53 Å². The first-order valence-electron chi connectivity index (χ1n) is 8.90. The van der Waals surface area contributed by atoms with E-state index in [4.69, 9.17) is 21.1 Å². The third-order valence-electron chi connectivity index (χ3n) is 4.14. The Morgan fingerprint density at radius 1 is 1.24 bits per heavy atom. The molecule has 1 heterocycles. The van der Waals surface area contributed by atoms with Crippen LogP contribution in [0, 0.1) is 0 Å². The number of ether oxygens (including phenoxy) is 2. The number of rotatable bonds is 6. The lowest BCUT2D eigenvalue weighted by Gasteiger charge is -2.26. The van der Waals surface area contributed by atoms with Crippen molar-refractivity contribution in [1.82, 2.24) is 10.3 Å². The summed E-state index contributed by atoms with van der Waals surface area (Å²) < 4.78 is 11.5. The van der Waals surface area contributed by atoms with Gasteiger partial charge in [-0.1, -0.05) is 17.7 Å². The molecule has 0 bridgehead atoms. The molecule has 0 atom stereocenters. The highest BCUT2D eigenvalue weighted by atomic mass is 79.9. The van der Waals surface area contributed by atoms with Crippen molar-refractivity contribution in [2.24, 2.45) is 5.10 Å². The van der Waals surface area contributed by atoms with Gasteiger partial charge >= 0.3 is 0 Å². The maximum absolute atomic E-state index is 12.2. The molecule has 0 saturated carbocycles. The van der Waals surface area contributed by atoms with Crippen molar-refractivity contribution in [2.45, 2.75) is 0 Å². The summed E-state index contributed by atoms with van der Waals surface area (Å²) in [6, 6.07) is 11.9. The van der Waals surface area contributed by atoms with E-state index in [0.717, 1.165) is 5.56 Å². The Kier molecular flexibility index (Phi) is 7.62. The number of amides is 2. The molecular formula is C20H19BrClN3O4. The molecule has 0 unspecified atom stereocenters. The summed E-state index contributed by atoms with van der Waals surface area (Å²) in [5, 5.41) is 4.43. The zero-order valence-corrected chi connectivity index (χ0v) is 17.8. The molecule has 2 aromatic carbocycles. The van der Waals surface area contributed by atoms with Crippen LogP contribution in [0.3, 0.4) is 0 Å². The van der Waals surface area contributed by atoms with Crippen molar-refractivity contribution >= 4 is 45.6 Å². The van der Waals surface area contributed by atoms with Crippen molar-refractivity contribution in [3.8, 4) is 5.75 Å². The minimum atomic E-state index is -0.357. The fourth-order valence-corrected chi connectivity index (χ4v) is 3.32. The molecule has 7 nitrogen and oxygen atoms in total. The summed E-state index contributed by atoms with van der Waals surface area (Å²) >= 11 is 9.30. The summed E-state index contributed by atoms with van der Waals surface area (Å²) in [5.41, 5.74) is 3.62.